The third kappa shape index (κ3) is 3.81. The lowest BCUT2D eigenvalue weighted by Crippen LogP contribution is -2.21. The Kier molecular flexibility index (Phi) is 4.29. The maximum atomic E-state index is 11.0. The van der Waals surface area contributed by atoms with Gasteiger partial charge in [-0.05, 0) is 23.3 Å². The lowest BCUT2D eigenvalue weighted by Gasteiger charge is -2.02. The molecular weight excluding hydrogens is 254 g/mol. The van der Waals surface area contributed by atoms with Crippen LogP contribution in [0.5, 0.6) is 0 Å². The standard InChI is InChI=1S/C16H13NO3/c18-15(16(19)20)17-14-10-8-13(9-11-14)7-6-12-4-2-1-3-5-12/h1-11H,(H,17,18)(H,19,20)/b7-6-. The Balaban J connectivity index is 2.03. The molecule has 0 atom stereocenters. The number of carbonyl (C=O) groups excluding carboxylic acids is 1. The number of anilines is 1. The van der Waals surface area contributed by atoms with Gasteiger partial charge in [-0.1, -0.05) is 54.6 Å². The van der Waals surface area contributed by atoms with Gasteiger partial charge in [0.25, 0.3) is 0 Å². The summed E-state index contributed by atoms with van der Waals surface area (Å²) in [6, 6.07) is 16.8. The first-order valence-corrected chi connectivity index (χ1v) is 6.02. The fraction of sp³-hybridized carbons (Fsp3) is 0. The molecule has 0 radical (unpaired) electrons. The maximum absolute atomic E-state index is 11.0. The number of carbonyl (C=O) groups is 2. The Morgan fingerprint density at radius 3 is 1.95 bits per heavy atom. The summed E-state index contributed by atoms with van der Waals surface area (Å²) in [6.45, 7) is 0. The first kappa shape index (κ1) is 13.5. The van der Waals surface area contributed by atoms with E-state index in [1.54, 1.807) is 24.3 Å². The molecule has 0 fully saturated rings. The van der Waals surface area contributed by atoms with Gasteiger partial charge in [0.1, 0.15) is 0 Å². The number of aliphatic carboxylic acids is 1. The number of carboxylic acid groups (broad SMARTS) is 1. The van der Waals surface area contributed by atoms with Gasteiger partial charge in [-0.15, -0.1) is 0 Å². The number of nitrogens with one attached hydrogen (secondary N) is 1. The fourth-order valence-electron chi connectivity index (χ4n) is 1.62. The summed E-state index contributed by atoms with van der Waals surface area (Å²) in [5.74, 6) is -2.55. The fourth-order valence-corrected chi connectivity index (χ4v) is 1.62. The van der Waals surface area contributed by atoms with Crippen molar-refractivity contribution in [2.75, 3.05) is 5.32 Å². The van der Waals surface area contributed by atoms with Gasteiger partial charge in [-0.2, -0.15) is 0 Å². The summed E-state index contributed by atoms with van der Waals surface area (Å²) in [4.78, 5) is 21.4. The van der Waals surface area contributed by atoms with Crippen molar-refractivity contribution in [3.8, 4) is 0 Å². The van der Waals surface area contributed by atoms with E-state index in [9.17, 15) is 9.59 Å². The second-order valence-electron chi connectivity index (χ2n) is 4.13. The van der Waals surface area contributed by atoms with E-state index < -0.39 is 11.9 Å². The van der Waals surface area contributed by atoms with Gasteiger partial charge in [0.15, 0.2) is 0 Å². The van der Waals surface area contributed by atoms with E-state index in [1.807, 2.05) is 42.5 Å². The van der Waals surface area contributed by atoms with Crippen LogP contribution in [0, 0.1) is 0 Å². The number of hydrogen-bond donors (Lipinski definition) is 2. The first-order chi connectivity index (χ1) is 9.65. The molecule has 1 amide bonds. The highest BCUT2D eigenvalue weighted by Crippen LogP contribution is 2.12. The smallest absolute Gasteiger partial charge is 0.394 e. The van der Waals surface area contributed by atoms with Crippen LogP contribution >= 0.6 is 0 Å². The Labute approximate surface area is 116 Å². The maximum Gasteiger partial charge on any atom is 0.394 e. The molecule has 2 rings (SSSR count). The van der Waals surface area contributed by atoms with Gasteiger partial charge >= 0.3 is 11.9 Å². The number of amides is 1. The average Bonchev–Trinajstić information content (AvgIpc) is 2.47. The zero-order valence-electron chi connectivity index (χ0n) is 10.6. The van der Waals surface area contributed by atoms with Crippen LogP contribution in [-0.2, 0) is 9.59 Å². The largest absolute Gasteiger partial charge is 0.474 e. The van der Waals surface area contributed by atoms with Gasteiger partial charge in [0.2, 0.25) is 0 Å². The van der Waals surface area contributed by atoms with Crippen LogP contribution in [0.4, 0.5) is 5.69 Å². The van der Waals surface area contributed by atoms with Crippen LogP contribution in [0.2, 0.25) is 0 Å². The summed E-state index contributed by atoms with van der Waals surface area (Å²) in [5.41, 5.74) is 2.51. The molecular formula is C16H13NO3. The van der Waals surface area contributed by atoms with Crippen LogP contribution in [0.1, 0.15) is 11.1 Å². The minimum Gasteiger partial charge on any atom is -0.474 e. The second kappa shape index (κ2) is 6.33. The minimum atomic E-state index is -1.50. The van der Waals surface area contributed by atoms with Crippen LogP contribution < -0.4 is 5.32 Å². The van der Waals surface area contributed by atoms with E-state index in [4.69, 9.17) is 5.11 Å². The molecule has 20 heavy (non-hydrogen) atoms. The molecule has 0 aliphatic heterocycles. The van der Waals surface area contributed by atoms with Crippen molar-refractivity contribution in [2.24, 2.45) is 0 Å². The van der Waals surface area contributed by atoms with Crippen LogP contribution in [0.3, 0.4) is 0 Å². The van der Waals surface area contributed by atoms with Crippen molar-refractivity contribution in [2.45, 2.75) is 0 Å². The van der Waals surface area contributed by atoms with Crippen LogP contribution in [-0.4, -0.2) is 17.0 Å². The summed E-state index contributed by atoms with van der Waals surface area (Å²) in [5, 5.41) is 10.8. The minimum absolute atomic E-state index is 0.453. The van der Waals surface area contributed by atoms with Crippen molar-refractivity contribution >= 4 is 29.7 Å². The molecule has 0 saturated carbocycles. The van der Waals surface area contributed by atoms with Crippen LogP contribution in [0.15, 0.2) is 54.6 Å². The molecule has 4 heteroatoms. The highest BCUT2D eigenvalue weighted by molar-refractivity contribution is 6.36. The zero-order valence-corrected chi connectivity index (χ0v) is 10.6. The predicted molar refractivity (Wildman–Crippen MR) is 78.1 cm³/mol. The molecule has 0 heterocycles. The molecule has 2 N–H and O–H groups in total. The Hall–Kier alpha value is -2.88. The zero-order chi connectivity index (χ0) is 14.4. The summed E-state index contributed by atoms with van der Waals surface area (Å²) >= 11 is 0. The van der Waals surface area contributed by atoms with Crippen molar-refractivity contribution in [1.29, 1.82) is 0 Å². The molecule has 0 aliphatic rings. The number of carboxylic acids is 1. The monoisotopic (exact) mass is 267 g/mol. The van der Waals surface area contributed by atoms with E-state index in [2.05, 4.69) is 5.32 Å². The molecule has 0 spiro atoms. The number of rotatable bonds is 3. The van der Waals surface area contributed by atoms with Gasteiger partial charge in [0.05, 0.1) is 0 Å². The van der Waals surface area contributed by atoms with Gasteiger partial charge in [-0.25, -0.2) is 4.79 Å². The van der Waals surface area contributed by atoms with Gasteiger partial charge in [0, 0.05) is 5.69 Å². The Morgan fingerprint density at radius 1 is 0.850 bits per heavy atom. The molecule has 2 aromatic carbocycles. The molecule has 4 nitrogen and oxygen atoms in total. The molecule has 100 valence electrons. The molecule has 0 saturated heterocycles. The third-order valence-electron chi connectivity index (χ3n) is 2.63. The van der Waals surface area contributed by atoms with Crippen LogP contribution in [0.25, 0.3) is 12.2 Å². The highest BCUT2D eigenvalue weighted by atomic mass is 16.4. The highest BCUT2D eigenvalue weighted by Gasteiger charge is 2.10. The number of hydrogen-bond acceptors (Lipinski definition) is 2. The topological polar surface area (TPSA) is 66.4 Å². The van der Waals surface area contributed by atoms with Gasteiger partial charge < -0.3 is 10.4 Å². The Morgan fingerprint density at radius 2 is 1.40 bits per heavy atom. The van der Waals surface area contributed by atoms with Crippen molar-refractivity contribution < 1.29 is 14.7 Å². The second-order valence-corrected chi connectivity index (χ2v) is 4.13. The van der Waals surface area contributed by atoms with E-state index >= 15 is 0 Å². The predicted octanol–water partition coefficient (Wildman–Crippen LogP) is 2.88. The molecule has 0 aliphatic carbocycles. The van der Waals surface area contributed by atoms with Crippen molar-refractivity contribution in [3.63, 3.8) is 0 Å². The van der Waals surface area contributed by atoms with Crippen molar-refractivity contribution in [1.82, 2.24) is 0 Å². The molecule has 0 bridgehead atoms. The van der Waals surface area contributed by atoms with E-state index in [-0.39, 0.29) is 0 Å². The molecule has 0 aromatic heterocycles. The normalized spacial score (nSPS) is 10.4. The van der Waals surface area contributed by atoms with E-state index in [1.165, 1.54) is 0 Å². The number of benzene rings is 2. The lowest BCUT2D eigenvalue weighted by molar-refractivity contribution is -0.147. The average molecular weight is 267 g/mol. The summed E-state index contributed by atoms with van der Waals surface area (Å²) in [7, 11) is 0. The lowest BCUT2D eigenvalue weighted by atomic mass is 10.1. The SMILES string of the molecule is O=C(O)C(=O)Nc1ccc(/C=C\c2ccccc2)cc1. The van der Waals surface area contributed by atoms with E-state index in [0.29, 0.717) is 5.69 Å². The summed E-state index contributed by atoms with van der Waals surface area (Å²) in [6.07, 6.45) is 3.92. The van der Waals surface area contributed by atoms with Crippen molar-refractivity contribution in [3.05, 3.63) is 65.7 Å². The third-order valence-corrected chi connectivity index (χ3v) is 2.63. The molecule has 0 unspecified atom stereocenters. The van der Waals surface area contributed by atoms with Gasteiger partial charge in [-0.3, -0.25) is 4.79 Å². The van der Waals surface area contributed by atoms with E-state index in [0.717, 1.165) is 11.1 Å². The first-order valence-electron chi connectivity index (χ1n) is 6.02. The Bertz CT molecular complexity index is 631. The summed E-state index contributed by atoms with van der Waals surface area (Å²) < 4.78 is 0. The quantitative estimate of drug-likeness (QED) is 0.663. The molecule has 2 aromatic rings.